The number of aromatic hydroxyl groups is 1. The number of phenols is 1. The molecule has 25 heavy (non-hydrogen) atoms. The van der Waals surface area contributed by atoms with E-state index in [1.54, 1.807) is 24.3 Å². The van der Waals surface area contributed by atoms with Crippen molar-refractivity contribution in [2.45, 2.75) is 0 Å². The van der Waals surface area contributed by atoms with Gasteiger partial charge in [0.25, 0.3) is 5.91 Å². The van der Waals surface area contributed by atoms with Gasteiger partial charge < -0.3 is 19.9 Å². The maximum Gasteiger partial charge on any atom is 0.266 e. The smallest absolute Gasteiger partial charge is 0.266 e. The molecule has 0 aliphatic rings. The number of benzene rings is 2. The second-order valence-corrected chi connectivity index (χ2v) is 5.34. The van der Waals surface area contributed by atoms with Crippen molar-refractivity contribution in [1.82, 2.24) is 0 Å². The Balaban J connectivity index is 2.32. The summed E-state index contributed by atoms with van der Waals surface area (Å²) in [4.78, 5) is 12.3. The van der Waals surface area contributed by atoms with Gasteiger partial charge in [-0.15, -0.1) is 0 Å². The highest BCUT2D eigenvalue weighted by atomic mass is 35.5. The van der Waals surface area contributed by atoms with E-state index >= 15 is 0 Å². The average molecular weight is 359 g/mol. The third-order valence-electron chi connectivity index (χ3n) is 3.28. The fourth-order valence-electron chi connectivity index (χ4n) is 2.04. The Morgan fingerprint density at radius 3 is 2.24 bits per heavy atom. The van der Waals surface area contributed by atoms with Crippen molar-refractivity contribution in [3.8, 4) is 23.3 Å². The summed E-state index contributed by atoms with van der Waals surface area (Å²) in [6.45, 7) is 0. The quantitative estimate of drug-likeness (QED) is 0.629. The first kappa shape index (κ1) is 18.2. The number of hydrogen-bond acceptors (Lipinski definition) is 5. The van der Waals surface area contributed by atoms with Crippen LogP contribution in [0.2, 0.25) is 5.02 Å². The molecule has 0 fully saturated rings. The molecule has 0 saturated carbocycles. The van der Waals surface area contributed by atoms with Crippen molar-refractivity contribution in [3.63, 3.8) is 0 Å². The minimum atomic E-state index is -0.573. The number of ether oxygens (including phenoxy) is 2. The molecule has 0 aliphatic carbocycles. The molecule has 2 rings (SSSR count). The summed E-state index contributed by atoms with van der Waals surface area (Å²) < 4.78 is 10.1. The normalized spacial score (nSPS) is 10.7. The van der Waals surface area contributed by atoms with Gasteiger partial charge in [-0.2, -0.15) is 5.26 Å². The molecule has 0 heterocycles. The maximum absolute atomic E-state index is 12.3. The molecule has 0 unspecified atom stereocenters. The molecule has 0 atom stereocenters. The van der Waals surface area contributed by atoms with Crippen LogP contribution in [0.4, 0.5) is 5.69 Å². The van der Waals surface area contributed by atoms with E-state index < -0.39 is 5.91 Å². The number of carbonyl (C=O) groups is 1. The number of halogens is 1. The fraction of sp³-hybridized carbons (Fsp3) is 0.111. The van der Waals surface area contributed by atoms with Crippen LogP contribution in [0.5, 0.6) is 17.2 Å². The highest BCUT2D eigenvalue weighted by Gasteiger charge is 2.13. The zero-order chi connectivity index (χ0) is 18.4. The molecule has 0 spiro atoms. The van der Waals surface area contributed by atoms with Gasteiger partial charge in [0.05, 0.1) is 14.2 Å². The number of phenolic OH excluding ortho intramolecular Hbond substituents is 1. The van der Waals surface area contributed by atoms with Gasteiger partial charge in [0.2, 0.25) is 5.75 Å². The summed E-state index contributed by atoms with van der Waals surface area (Å²) in [5.74, 6) is -0.399. The average Bonchev–Trinajstić information content (AvgIpc) is 2.62. The van der Waals surface area contributed by atoms with E-state index in [4.69, 9.17) is 21.1 Å². The molecular formula is C18H15ClN2O4. The zero-order valence-corrected chi connectivity index (χ0v) is 14.3. The van der Waals surface area contributed by atoms with E-state index in [-0.39, 0.29) is 22.8 Å². The molecule has 2 aromatic rings. The lowest BCUT2D eigenvalue weighted by molar-refractivity contribution is -0.112. The lowest BCUT2D eigenvalue weighted by Crippen LogP contribution is -2.13. The van der Waals surface area contributed by atoms with Gasteiger partial charge in [0.1, 0.15) is 11.6 Å². The molecule has 6 nitrogen and oxygen atoms in total. The van der Waals surface area contributed by atoms with Gasteiger partial charge >= 0.3 is 0 Å². The molecule has 2 aromatic carbocycles. The summed E-state index contributed by atoms with van der Waals surface area (Å²) >= 11 is 5.79. The molecule has 128 valence electrons. The highest BCUT2D eigenvalue weighted by Crippen LogP contribution is 2.37. The van der Waals surface area contributed by atoms with Crippen LogP contribution in [-0.2, 0) is 4.79 Å². The molecule has 0 aliphatic heterocycles. The SMILES string of the molecule is COc1cc(/C=C(\C#N)C(=O)Nc2ccc(Cl)cc2)cc(OC)c1O. The van der Waals surface area contributed by atoms with Crippen LogP contribution in [0, 0.1) is 11.3 Å². The number of carbonyl (C=O) groups excluding carboxylic acids is 1. The summed E-state index contributed by atoms with van der Waals surface area (Å²) in [6.07, 6.45) is 1.37. The largest absolute Gasteiger partial charge is 0.502 e. The van der Waals surface area contributed by atoms with Gasteiger partial charge in [-0.1, -0.05) is 11.6 Å². The van der Waals surface area contributed by atoms with Gasteiger partial charge in [0, 0.05) is 10.7 Å². The Hall–Kier alpha value is -3.17. The lowest BCUT2D eigenvalue weighted by Gasteiger charge is -2.10. The Labute approximate surface area is 149 Å². The first-order valence-electron chi connectivity index (χ1n) is 7.12. The number of amides is 1. The second kappa shape index (κ2) is 8.08. The molecule has 1 amide bonds. The third-order valence-corrected chi connectivity index (χ3v) is 3.53. The summed E-state index contributed by atoms with van der Waals surface area (Å²) in [5.41, 5.74) is 0.857. The second-order valence-electron chi connectivity index (χ2n) is 4.90. The summed E-state index contributed by atoms with van der Waals surface area (Å²) in [7, 11) is 2.78. The van der Waals surface area contributed by atoms with Gasteiger partial charge in [-0.3, -0.25) is 4.79 Å². The highest BCUT2D eigenvalue weighted by molar-refractivity contribution is 6.30. The van der Waals surface area contributed by atoms with Gasteiger partial charge in [-0.25, -0.2) is 0 Å². The van der Waals surface area contributed by atoms with Crippen LogP contribution < -0.4 is 14.8 Å². The Kier molecular flexibility index (Phi) is 5.88. The Morgan fingerprint density at radius 2 is 1.76 bits per heavy atom. The number of methoxy groups -OCH3 is 2. The van der Waals surface area contributed by atoms with Gasteiger partial charge in [-0.05, 0) is 48.0 Å². The van der Waals surface area contributed by atoms with Crippen molar-refractivity contribution in [3.05, 3.63) is 52.6 Å². The monoisotopic (exact) mass is 358 g/mol. The maximum atomic E-state index is 12.3. The summed E-state index contributed by atoms with van der Waals surface area (Å²) in [6, 6.07) is 11.3. The van der Waals surface area contributed by atoms with Crippen molar-refractivity contribution in [2.24, 2.45) is 0 Å². The molecule has 0 saturated heterocycles. The van der Waals surface area contributed by atoms with E-state index in [1.165, 1.54) is 32.4 Å². The molecule has 0 aromatic heterocycles. The van der Waals surface area contributed by atoms with E-state index in [0.29, 0.717) is 16.3 Å². The van der Waals surface area contributed by atoms with Crippen molar-refractivity contribution in [2.75, 3.05) is 19.5 Å². The van der Waals surface area contributed by atoms with E-state index in [0.717, 1.165) is 0 Å². The molecule has 2 N–H and O–H groups in total. The minimum Gasteiger partial charge on any atom is -0.502 e. The van der Waals surface area contributed by atoms with Crippen LogP contribution in [0.15, 0.2) is 42.0 Å². The van der Waals surface area contributed by atoms with Crippen LogP contribution in [-0.4, -0.2) is 25.2 Å². The predicted molar refractivity (Wildman–Crippen MR) is 94.9 cm³/mol. The number of nitriles is 1. The number of hydrogen-bond donors (Lipinski definition) is 2. The first-order valence-corrected chi connectivity index (χ1v) is 7.50. The molecule has 0 radical (unpaired) electrons. The lowest BCUT2D eigenvalue weighted by atomic mass is 10.1. The van der Waals surface area contributed by atoms with Crippen LogP contribution in [0.25, 0.3) is 6.08 Å². The summed E-state index contributed by atoms with van der Waals surface area (Å²) in [5, 5.41) is 22.3. The van der Waals surface area contributed by atoms with E-state index in [1.807, 2.05) is 6.07 Å². The van der Waals surface area contributed by atoms with Crippen LogP contribution >= 0.6 is 11.6 Å². The Morgan fingerprint density at radius 1 is 1.20 bits per heavy atom. The topological polar surface area (TPSA) is 91.6 Å². The third kappa shape index (κ3) is 4.43. The molecule has 7 heteroatoms. The zero-order valence-electron chi connectivity index (χ0n) is 13.5. The standard InChI is InChI=1S/C18H15ClN2O4/c1-24-15-8-11(9-16(25-2)17(15)22)7-12(10-20)18(23)21-14-5-3-13(19)4-6-14/h3-9,22H,1-2H3,(H,21,23)/b12-7+. The van der Waals surface area contributed by atoms with Crippen LogP contribution in [0.1, 0.15) is 5.56 Å². The number of rotatable bonds is 5. The number of nitrogens with zero attached hydrogens (tertiary/aromatic N) is 1. The van der Waals surface area contributed by atoms with E-state index in [9.17, 15) is 15.2 Å². The van der Waals surface area contributed by atoms with E-state index in [2.05, 4.69) is 5.32 Å². The van der Waals surface area contributed by atoms with Crippen molar-refractivity contribution in [1.29, 1.82) is 5.26 Å². The number of anilines is 1. The Bertz CT molecular complexity index is 829. The predicted octanol–water partition coefficient (Wildman–Crippen LogP) is 3.61. The number of nitrogens with one attached hydrogen (secondary N) is 1. The first-order chi connectivity index (χ1) is 12.0. The van der Waals surface area contributed by atoms with Crippen molar-refractivity contribution < 1.29 is 19.4 Å². The molecular weight excluding hydrogens is 344 g/mol. The fourth-order valence-corrected chi connectivity index (χ4v) is 2.17. The minimum absolute atomic E-state index is 0.121. The molecule has 0 bridgehead atoms. The van der Waals surface area contributed by atoms with Gasteiger partial charge in [0.15, 0.2) is 11.5 Å². The van der Waals surface area contributed by atoms with Crippen molar-refractivity contribution >= 4 is 29.3 Å². The van der Waals surface area contributed by atoms with Crippen LogP contribution in [0.3, 0.4) is 0 Å².